The number of hydrogen-bond donors (Lipinski definition) is 2. The molecule has 0 atom stereocenters. The van der Waals surface area contributed by atoms with Crippen molar-refractivity contribution in [1.82, 2.24) is 14.7 Å². The molecule has 7 nitrogen and oxygen atoms in total. The molecule has 2 aromatic rings. The lowest BCUT2D eigenvalue weighted by Gasteiger charge is -2.16. The summed E-state index contributed by atoms with van der Waals surface area (Å²) in [5, 5.41) is 4.87. The normalized spacial score (nSPS) is 15.0. The fraction of sp³-hybridized carbons (Fsp3) is 0.429. The van der Waals surface area contributed by atoms with E-state index in [2.05, 4.69) is 24.9 Å². The van der Waals surface area contributed by atoms with Crippen molar-refractivity contribution in [3.63, 3.8) is 0 Å². The lowest BCUT2D eigenvalue weighted by atomic mass is 10.4. The van der Waals surface area contributed by atoms with Gasteiger partial charge >= 0.3 is 0 Å². The molecule has 2 N–H and O–H groups in total. The first-order valence-corrected chi connectivity index (χ1v) is 9.85. The standard InChI is InChI=1S/C14H19N5O2S2/c20-23(21,14-4-3-9-22-14)18-6-5-15-12-10-13(17-11-16-12)19-7-1-2-8-19/h3-4,9-11,18H,1-2,5-8H2,(H,15,16,17). The molecule has 0 saturated carbocycles. The monoisotopic (exact) mass is 353 g/mol. The highest BCUT2D eigenvalue weighted by Crippen LogP contribution is 2.19. The highest BCUT2D eigenvalue weighted by Gasteiger charge is 2.15. The molecule has 1 fully saturated rings. The minimum atomic E-state index is -3.41. The Hall–Kier alpha value is -1.71. The predicted octanol–water partition coefficient (Wildman–Crippen LogP) is 1.53. The molecule has 124 valence electrons. The largest absolute Gasteiger partial charge is 0.369 e. The lowest BCUT2D eigenvalue weighted by Crippen LogP contribution is -2.28. The summed E-state index contributed by atoms with van der Waals surface area (Å²) in [7, 11) is -3.41. The molecule has 23 heavy (non-hydrogen) atoms. The van der Waals surface area contributed by atoms with Crippen LogP contribution in [-0.4, -0.2) is 44.6 Å². The van der Waals surface area contributed by atoms with Crippen molar-refractivity contribution in [3.05, 3.63) is 29.9 Å². The number of hydrogen-bond acceptors (Lipinski definition) is 7. The van der Waals surface area contributed by atoms with E-state index >= 15 is 0 Å². The Labute approximate surface area is 139 Å². The van der Waals surface area contributed by atoms with Crippen LogP contribution in [0.15, 0.2) is 34.1 Å². The molecule has 0 bridgehead atoms. The average Bonchev–Trinajstić information content (AvgIpc) is 3.25. The van der Waals surface area contributed by atoms with E-state index in [0.717, 1.165) is 18.9 Å². The average molecular weight is 353 g/mol. The van der Waals surface area contributed by atoms with Gasteiger partial charge in [0, 0.05) is 32.2 Å². The maximum absolute atomic E-state index is 12.0. The van der Waals surface area contributed by atoms with Gasteiger partial charge in [-0.1, -0.05) is 6.07 Å². The maximum atomic E-state index is 12.0. The summed E-state index contributed by atoms with van der Waals surface area (Å²) in [5.74, 6) is 1.62. The minimum absolute atomic E-state index is 0.295. The second kappa shape index (κ2) is 7.24. The van der Waals surface area contributed by atoms with Crippen LogP contribution in [0.4, 0.5) is 11.6 Å². The minimum Gasteiger partial charge on any atom is -0.369 e. The summed E-state index contributed by atoms with van der Waals surface area (Å²) in [6, 6.07) is 5.21. The van der Waals surface area contributed by atoms with E-state index < -0.39 is 10.0 Å². The Morgan fingerprint density at radius 3 is 2.78 bits per heavy atom. The van der Waals surface area contributed by atoms with Crippen molar-refractivity contribution in [2.45, 2.75) is 17.1 Å². The van der Waals surface area contributed by atoms with Crippen LogP contribution in [0.5, 0.6) is 0 Å². The third kappa shape index (κ3) is 4.18. The zero-order valence-corrected chi connectivity index (χ0v) is 14.2. The molecule has 0 unspecified atom stereocenters. The number of nitrogens with zero attached hydrogens (tertiary/aromatic N) is 3. The van der Waals surface area contributed by atoms with Gasteiger partial charge < -0.3 is 10.2 Å². The van der Waals surface area contributed by atoms with E-state index in [1.54, 1.807) is 17.5 Å². The molecule has 0 spiro atoms. The fourth-order valence-electron chi connectivity index (χ4n) is 2.43. The Kier molecular flexibility index (Phi) is 5.09. The van der Waals surface area contributed by atoms with Crippen molar-refractivity contribution < 1.29 is 8.42 Å². The van der Waals surface area contributed by atoms with Gasteiger partial charge in [-0.15, -0.1) is 11.3 Å². The van der Waals surface area contributed by atoms with Crippen LogP contribution < -0.4 is 14.9 Å². The van der Waals surface area contributed by atoms with E-state index in [9.17, 15) is 8.42 Å². The molecule has 3 rings (SSSR count). The topological polar surface area (TPSA) is 87.2 Å². The first kappa shape index (κ1) is 16.2. The van der Waals surface area contributed by atoms with Crippen molar-refractivity contribution in [2.24, 2.45) is 0 Å². The van der Waals surface area contributed by atoms with Crippen molar-refractivity contribution >= 4 is 33.0 Å². The summed E-state index contributed by atoms with van der Waals surface area (Å²) >= 11 is 1.20. The maximum Gasteiger partial charge on any atom is 0.250 e. The number of thiophene rings is 1. The van der Waals surface area contributed by atoms with Gasteiger partial charge in [-0.25, -0.2) is 23.1 Å². The molecule has 3 heterocycles. The van der Waals surface area contributed by atoms with Crippen LogP contribution in [0.1, 0.15) is 12.8 Å². The Balaban J connectivity index is 1.50. The highest BCUT2D eigenvalue weighted by molar-refractivity contribution is 7.91. The number of rotatable bonds is 7. The van der Waals surface area contributed by atoms with Crippen LogP contribution >= 0.6 is 11.3 Å². The van der Waals surface area contributed by atoms with Gasteiger partial charge in [0.25, 0.3) is 0 Å². The van der Waals surface area contributed by atoms with Gasteiger partial charge in [0.2, 0.25) is 10.0 Å². The summed E-state index contributed by atoms with van der Waals surface area (Å²) < 4.78 is 26.8. The smallest absolute Gasteiger partial charge is 0.250 e. The molecule has 0 aliphatic carbocycles. The molecule has 2 aromatic heterocycles. The second-order valence-electron chi connectivity index (χ2n) is 5.21. The summed E-state index contributed by atoms with van der Waals surface area (Å²) in [4.78, 5) is 10.7. The zero-order valence-electron chi connectivity index (χ0n) is 12.6. The highest BCUT2D eigenvalue weighted by atomic mass is 32.2. The van der Waals surface area contributed by atoms with E-state index in [-0.39, 0.29) is 0 Å². The number of aromatic nitrogens is 2. The Morgan fingerprint density at radius 2 is 2.04 bits per heavy atom. The van der Waals surface area contributed by atoms with E-state index in [0.29, 0.717) is 23.1 Å². The number of anilines is 2. The van der Waals surface area contributed by atoms with Gasteiger partial charge in [0.1, 0.15) is 22.2 Å². The van der Waals surface area contributed by atoms with Gasteiger partial charge in [0.15, 0.2) is 0 Å². The number of nitrogens with one attached hydrogen (secondary N) is 2. The molecule has 1 saturated heterocycles. The van der Waals surface area contributed by atoms with Crippen LogP contribution in [0.3, 0.4) is 0 Å². The van der Waals surface area contributed by atoms with Crippen LogP contribution in [0, 0.1) is 0 Å². The quantitative estimate of drug-likeness (QED) is 0.734. The van der Waals surface area contributed by atoms with E-state index in [1.165, 1.54) is 30.5 Å². The van der Waals surface area contributed by atoms with E-state index in [4.69, 9.17) is 0 Å². The van der Waals surface area contributed by atoms with Gasteiger partial charge in [0.05, 0.1) is 0 Å². The SMILES string of the molecule is O=S(=O)(NCCNc1cc(N2CCCC2)ncn1)c1cccs1. The van der Waals surface area contributed by atoms with Gasteiger partial charge in [-0.05, 0) is 24.3 Å². The van der Waals surface area contributed by atoms with E-state index in [1.807, 2.05) is 6.07 Å². The molecule has 9 heteroatoms. The van der Waals surface area contributed by atoms with Gasteiger partial charge in [-0.2, -0.15) is 0 Å². The summed E-state index contributed by atoms with van der Waals surface area (Å²) in [5.41, 5.74) is 0. The third-order valence-corrected chi connectivity index (χ3v) is 6.42. The first-order chi connectivity index (χ1) is 11.1. The molecule has 1 aliphatic rings. The fourth-order valence-corrected chi connectivity index (χ4v) is 4.50. The van der Waals surface area contributed by atoms with Crippen molar-refractivity contribution in [1.29, 1.82) is 0 Å². The zero-order chi connectivity index (χ0) is 16.1. The third-order valence-electron chi connectivity index (χ3n) is 3.57. The molecule has 0 amide bonds. The Bertz CT molecular complexity index is 727. The summed E-state index contributed by atoms with van der Waals surface area (Å²) in [6.07, 6.45) is 3.92. The number of sulfonamides is 1. The summed E-state index contributed by atoms with van der Waals surface area (Å²) in [6.45, 7) is 2.80. The lowest BCUT2D eigenvalue weighted by molar-refractivity contribution is 0.585. The molecular formula is C14H19N5O2S2. The molecule has 0 radical (unpaired) electrons. The van der Waals surface area contributed by atoms with Crippen molar-refractivity contribution in [2.75, 3.05) is 36.4 Å². The van der Waals surface area contributed by atoms with Crippen LogP contribution in [0.2, 0.25) is 0 Å². The predicted molar refractivity (Wildman–Crippen MR) is 91.5 cm³/mol. The van der Waals surface area contributed by atoms with Gasteiger partial charge in [-0.3, -0.25) is 0 Å². The molecular weight excluding hydrogens is 334 g/mol. The van der Waals surface area contributed by atoms with Crippen LogP contribution in [0.25, 0.3) is 0 Å². The second-order valence-corrected chi connectivity index (χ2v) is 8.15. The van der Waals surface area contributed by atoms with Crippen LogP contribution in [-0.2, 0) is 10.0 Å². The molecule has 0 aromatic carbocycles. The molecule has 1 aliphatic heterocycles. The van der Waals surface area contributed by atoms with Crippen molar-refractivity contribution in [3.8, 4) is 0 Å². The first-order valence-electron chi connectivity index (χ1n) is 7.49. The Morgan fingerprint density at radius 1 is 1.22 bits per heavy atom.